The number of imide groups is 1. The number of nitrogens with one attached hydrogen (secondary N) is 2. The van der Waals surface area contributed by atoms with E-state index in [-0.39, 0.29) is 43.5 Å². The van der Waals surface area contributed by atoms with Gasteiger partial charge in [-0.1, -0.05) is 18.2 Å². The molecule has 2 fully saturated rings. The summed E-state index contributed by atoms with van der Waals surface area (Å²) in [5.41, 5.74) is 1.19. The molecule has 4 N–H and O–H groups in total. The summed E-state index contributed by atoms with van der Waals surface area (Å²) in [6.45, 7) is -0.545. The Labute approximate surface area is 213 Å². The van der Waals surface area contributed by atoms with E-state index < -0.39 is 23.8 Å². The maximum Gasteiger partial charge on any atom is 0.418 e. The van der Waals surface area contributed by atoms with Crippen molar-refractivity contribution in [2.75, 3.05) is 25.5 Å². The van der Waals surface area contributed by atoms with Crippen LogP contribution in [-0.2, 0) is 21.6 Å². The van der Waals surface area contributed by atoms with Crippen LogP contribution in [0, 0.1) is 5.82 Å². The molecule has 0 radical (unpaired) electrons. The number of amides is 4. The van der Waals surface area contributed by atoms with Crippen LogP contribution < -0.4 is 10.6 Å². The molecule has 2 unspecified atom stereocenters. The van der Waals surface area contributed by atoms with E-state index in [2.05, 4.69) is 10.6 Å². The lowest BCUT2D eigenvalue weighted by Gasteiger charge is -2.35. The molecule has 1 aliphatic carbocycles. The molecule has 4 atom stereocenters. The van der Waals surface area contributed by atoms with Crippen LogP contribution in [0.25, 0.3) is 0 Å². The number of hydrogen-bond acceptors (Lipinski definition) is 7. The second-order valence-electron chi connectivity index (χ2n) is 9.60. The third-order valence-electron chi connectivity index (χ3n) is 7.55. The second-order valence-corrected chi connectivity index (χ2v) is 9.60. The first-order chi connectivity index (χ1) is 17.8. The van der Waals surface area contributed by atoms with Gasteiger partial charge in [0.05, 0.1) is 13.2 Å². The Morgan fingerprint density at radius 3 is 2.68 bits per heavy atom. The van der Waals surface area contributed by atoms with Crippen molar-refractivity contribution in [1.29, 1.82) is 0 Å². The van der Waals surface area contributed by atoms with Crippen molar-refractivity contribution in [2.45, 2.75) is 49.6 Å². The van der Waals surface area contributed by atoms with Gasteiger partial charge in [-0.2, -0.15) is 0 Å². The molecule has 196 valence electrons. The lowest BCUT2D eigenvalue weighted by atomic mass is 9.94. The number of likely N-dealkylation sites (tertiary alicyclic amines) is 1. The summed E-state index contributed by atoms with van der Waals surface area (Å²) >= 11 is 0. The minimum Gasteiger partial charge on any atom is -0.427 e. The number of hydrogen-bond donors (Lipinski definition) is 4. The maximum absolute atomic E-state index is 13.6. The van der Waals surface area contributed by atoms with Gasteiger partial charge in [0.15, 0.2) is 0 Å². The van der Waals surface area contributed by atoms with Gasteiger partial charge in [-0.15, -0.1) is 0 Å². The summed E-state index contributed by atoms with van der Waals surface area (Å²) in [5.74, 6) is -0.933. The summed E-state index contributed by atoms with van der Waals surface area (Å²) in [7, 11) is 1.50. The fourth-order valence-corrected chi connectivity index (χ4v) is 5.77. The minimum atomic E-state index is -1.48. The molecular formula is C26H29FN4O6. The Balaban J connectivity index is 1.36. The number of carbonyl (C=O) groups excluding carboxylic acids is 3. The molecule has 2 aromatic rings. The number of ether oxygens (including phenoxy) is 1. The molecule has 5 rings (SSSR count). The minimum absolute atomic E-state index is 0.211. The van der Waals surface area contributed by atoms with Crippen molar-refractivity contribution in [3.63, 3.8) is 0 Å². The van der Waals surface area contributed by atoms with Crippen molar-refractivity contribution in [3.8, 4) is 0 Å². The number of fused-ring (bicyclic) bond motifs is 2. The topological polar surface area (TPSA) is 131 Å². The zero-order valence-corrected chi connectivity index (χ0v) is 20.3. The van der Waals surface area contributed by atoms with Crippen molar-refractivity contribution >= 4 is 23.7 Å². The van der Waals surface area contributed by atoms with E-state index in [0.29, 0.717) is 30.5 Å². The highest BCUT2D eigenvalue weighted by Crippen LogP contribution is 2.46. The van der Waals surface area contributed by atoms with Crippen molar-refractivity contribution in [1.82, 2.24) is 15.1 Å². The molecule has 2 aromatic carbocycles. The third kappa shape index (κ3) is 4.32. The molecule has 0 bridgehead atoms. The Morgan fingerprint density at radius 2 is 1.97 bits per heavy atom. The van der Waals surface area contributed by atoms with Gasteiger partial charge in [0.25, 0.3) is 5.91 Å². The first kappa shape index (κ1) is 25.1. The van der Waals surface area contributed by atoms with Crippen LogP contribution in [-0.4, -0.2) is 70.5 Å². The van der Waals surface area contributed by atoms with E-state index in [1.54, 1.807) is 35.2 Å². The van der Waals surface area contributed by atoms with Crippen molar-refractivity contribution in [2.24, 2.45) is 0 Å². The predicted molar refractivity (Wildman–Crippen MR) is 130 cm³/mol. The van der Waals surface area contributed by atoms with E-state index in [4.69, 9.17) is 4.74 Å². The summed E-state index contributed by atoms with van der Waals surface area (Å²) < 4.78 is 19.1. The fourth-order valence-electron chi connectivity index (χ4n) is 5.77. The smallest absolute Gasteiger partial charge is 0.418 e. The Bertz CT molecular complexity index is 1220. The predicted octanol–water partition coefficient (Wildman–Crippen LogP) is 2.21. The molecule has 4 amide bonds. The highest BCUT2D eigenvalue weighted by atomic mass is 19.1. The number of aliphatic hydroxyl groups excluding tert-OH is 2. The monoisotopic (exact) mass is 512 g/mol. The van der Waals surface area contributed by atoms with Crippen molar-refractivity contribution < 1.29 is 33.7 Å². The first-order valence-electron chi connectivity index (χ1n) is 12.3. The van der Waals surface area contributed by atoms with Gasteiger partial charge in [0, 0.05) is 36.8 Å². The number of β-amino-alcohol motifs (C(OH)–C–C–N with tert-alkyl or cyclic N) is 1. The largest absolute Gasteiger partial charge is 0.427 e. The number of urea groups is 1. The van der Waals surface area contributed by atoms with Crippen LogP contribution in [0.3, 0.4) is 0 Å². The molecule has 2 saturated heterocycles. The first-order valence-corrected chi connectivity index (χ1v) is 12.3. The summed E-state index contributed by atoms with van der Waals surface area (Å²) in [5, 5.41) is 26.3. The molecule has 11 heteroatoms. The molecule has 2 heterocycles. The maximum atomic E-state index is 13.6. The third-order valence-corrected chi connectivity index (χ3v) is 7.55. The molecule has 2 aliphatic heterocycles. The van der Waals surface area contributed by atoms with Crippen LogP contribution in [0.4, 0.5) is 19.7 Å². The van der Waals surface area contributed by atoms with Gasteiger partial charge in [-0.05, 0) is 54.7 Å². The zero-order chi connectivity index (χ0) is 26.3. The van der Waals surface area contributed by atoms with E-state index in [1.165, 1.54) is 19.2 Å². The van der Waals surface area contributed by atoms with Gasteiger partial charge in [0.1, 0.15) is 12.0 Å². The fraction of sp³-hybridized carbons (Fsp3) is 0.423. The molecule has 0 aromatic heterocycles. The second kappa shape index (κ2) is 9.73. The van der Waals surface area contributed by atoms with Gasteiger partial charge < -0.3 is 25.6 Å². The van der Waals surface area contributed by atoms with Crippen LogP contribution in [0.2, 0.25) is 0 Å². The van der Waals surface area contributed by atoms with Gasteiger partial charge in [-0.3, -0.25) is 9.69 Å². The zero-order valence-electron chi connectivity index (χ0n) is 20.3. The molecule has 10 nitrogen and oxygen atoms in total. The lowest BCUT2D eigenvalue weighted by molar-refractivity contribution is -0.140. The Hall–Kier alpha value is -3.54. The summed E-state index contributed by atoms with van der Waals surface area (Å²) in [4.78, 5) is 40.7. The van der Waals surface area contributed by atoms with Gasteiger partial charge >= 0.3 is 12.1 Å². The van der Waals surface area contributed by atoms with Crippen LogP contribution in [0.1, 0.15) is 42.0 Å². The number of carbonyl (C=O) groups is 3. The average Bonchev–Trinajstić information content (AvgIpc) is 3.55. The number of anilines is 1. The molecular weight excluding hydrogens is 483 g/mol. The number of benzene rings is 2. The molecule has 3 aliphatic rings. The summed E-state index contributed by atoms with van der Waals surface area (Å²) in [6, 6.07) is 9.93. The highest BCUT2D eigenvalue weighted by Gasteiger charge is 2.58. The molecule has 37 heavy (non-hydrogen) atoms. The SMILES string of the molecule is CNC(=O)Nc1ccc2c(c1)CC[C@@]21OC(=O)N(CC(O)N2C(c3ccc(F)cc3)CC[C@H]2CO)C1=O. The van der Waals surface area contributed by atoms with Gasteiger partial charge in [-0.25, -0.2) is 18.9 Å². The quantitative estimate of drug-likeness (QED) is 0.467. The van der Waals surface area contributed by atoms with E-state index in [1.807, 2.05) is 0 Å². The average molecular weight is 513 g/mol. The Morgan fingerprint density at radius 1 is 1.22 bits per heavy atom. The standard InChI is InChI=1S/C26H29FN4O6/c1-28-24(35)29-18-6-8-20-16(12-18)10-11-26(20)23(34)30(25(36)37-26)13-22(33)31-19(14-32)7-9-21(31)15-2-4-17(27)5-3-15/h2-6,8,12,19,21-22,32-33H,7,9-11,13-14H2,1H3,(H2,28,29,35)/t19-,21?,22?,26+/m0/s1. The number of aliphatic hydroxyl groups is 2. The van der Waals surface area contributed by atoms with Crippen molar-refractivity contribution in [3.05, 3.63) is 65.0 Å². The van der Waals surface area contributed by atoms with Crippen LogP contribution >= 0.6 is 0 Å². The molecule has 0 saturated carbocycles. The summed E-state index contributed by atoms with van der Waals surface area (Å²) in [6.07, 6.45) is -0.166. The highest BCUT2D eigenvalue weighted by molar-refractivity contribution is 6.04. The van der Waals surface area contributed by atoms with Crippen LogP contribution in [0.15, 0.2) is 42.5 Å². The molecule has 1 spiro atoms. The van der Waals surface area contributed by atoms with Gasteiger partial charge in [0.2, 0.25) is 5.60 Å². The number of aryl methyl sites for hydroxylation is 1. The Kier molecular flexibility index (Phi) is 6.61. The number of rotatable bonds is 6. The van der Waals surface area contributed by atoms with E-state index >= 15 is 0 Å². The number of halogens is 1. The van der Waals surface area contributed by atoms with E-state index in [0.717, 1.165) is 16.0 Å². The normalized spacial score (nSPS) is 25.9. The lowest BCUT2D eigenvalue weighted by Crippen LogP contribution is -2.50. The van der Waals surface area contributed by atoms with E-state index in [9.17, 15) is 29.0 Å². The van der Waals surface area contributed by atoms with Crippen LogP contribution in [0.5, 0.6) is 0 Å². The number of nitrogens with zero attached hydrogens (tertiary/aromatic N) is 2.